The lowest BCUT2D eigenvalue weighted by Gasteiger charge is -1.97. The first-order valence-electron chi connectivity index (χ1n) is 4.98. The highest BCUT2D eigenvalue weighted by atomic mass is 32.1. The van der Waals surface area contributed by atoms with E-state index in [1.165, 1.54) is 11.8 Å². The summed E-state index contributed by atoms with van der Waals surface area (Å²) in [4.78, 5) is 16.4. The first-order valence-corrected chi connectivity index (χ1v) is 6.74. The molecule has 0 fully saturated rings. The fourth-order valence-corrected chi connectivity index (χ4v) is 2.87. The van der Waals surface area contributed by atoms with Crippen molar-refractivity contribution in [3.05, 3.63) is 27.9 Å². The van der Waals surface area contributed by atoms with Crippen LogP contribution in [0.5, 0.6) is 0 Å². The van der Waals surface area contributed by atoms with Crippen molar-refractivity contribution >= 4 is 28.6 Å². The van der Waals surface area contributed by atoms with Gasteiger partial charge < -0.3 is 5.32 Å². The molecule has 5 heteroatoms. The smallest absolute Gasteiger partial charge is 0.216 e. The molecule has 2 rings (SSSR count). The van der Waals surface area contributed by atoms with E-state index in [2.05, 4.69) is 21.7 Å². The third kappa shape index (κ3) is 2.90. The van der Waals surface area contributed by atoms with Crippen molar-refractivity contribution in [2.45, 2.75) is 13.3 Å². The molecule has 0 saturated heterocycles. The van der Waals surface area contributed by atoms with E-state index < -0.39 is 0 Å². The Kier molecular flexibility index (Phi) is 3.69. The van der Waals surface area contributed by atoms with Gasteiger partial charge in [-0.2, -0.15) is 0 Å². The van der Waals surface area contributed by atoms with Crippen molar-refractivity contribution in [2.75, 3.05) is 6.54 Å². The van der Waals surface area contributed by atoms with E-state index in [1.807, 2.05) is 11.4 Å². The number of hydrogen-bond donors (Lipinski definition) is 1. The molecule has 3 nitrogen and oxygen atoms in total. The van der Waals surface area contributed by atoms with Crippen LogP contribution >= 0.6 is 22.7 Å². The maximum Gasteiger partial charge on any atom is 0.216 e. The van der Waals surface area contributed by atoms with Gasteiger partial charge in [0.05, 0.1) is 15.6 Å². The van der Waals surface area contributed by atoms with E-state index >= 15 is 0 Å². The molecular weight excluding hydrogens is 240 g/mol. The Balaban J connectivity index is 1.95. The molecule has 1 amide bonds. The minimum Gasteiger partial charge on any atom is -0.356 e. The summed E-state index contributed by atoms with van der Waals surface area (Å²) in [5.41, 5.74) is 1.04. The Hall–Kier alpha value is -1.20. The van der Waals surface area contributed by atoms with Crippen LogP contribution in [0.2, 0.25) is 0 Å². The maximum absolute atomic E-state index is 10.7. The van der Waals surface area contributed by atoms with E-state index in [1.54, 1.807) is 22.7 Å². The Morgan fingerprint density at radius 1 is 1.50 bits per heavy atom. The van der Waals surface area contributed by atoms with E-state index in [0.29, 0.717) is 6.54 Å². The number of rotatable bonds is 4. The molecule has 2 aromatic rings. The molecule has 0 bridgehead atoms. The van der Waals surface area contributed by atoms with E-state index in [9.17, 15) is 4.79 Å². The van der Waals surface area contributed by atoms with Crippen molar-refractivity contribution in [3.8, 4) is 10.6 Å². The Labute approximate surface area is 102 Å². The molecule has 0 aliphatic carbocycles. The van der Waals surface area contributed by atoms with Crippen molar-refractivity contribution in [2.24, 2.45) is 0 Å². The number of carbonyl (C=O) groups is 1. The SMILES string of the molecule is CC(=O)NCCc1nc(-c2cccs2)cs1. The van der Waals surface area contributed by atoms with Gasteiger partial charge in [0.2, 0.25) is 5.91 Å². The third-order valence-corrected chi connectivity index (χ3v) is 3.84. The fraction of sp³-hybridized carbons (Fsp3) is 0.273. The van der Waals surface area contributed by atoms with Gasteiger partial charge in [-0.25, -0.2) is 4.98 Å². The average Bonchev–Trinajstić information content (AvgIpc) is 2.85. The molecule has 0 atom stereocenters. The molecule has 2 aromatic heterocycles. The highest BCUT2D eigenvalue weighted by Gasteiger charge is 2.05. The topological polar surface area (TPSA) is 42.0 Å². The van der Waals surface area contributed by atoms with Gasteiger partial charge in [0.15, 0.2) is 0 Å². The van der Waals surface area contributed by atoms with Crippen molar-refractivity contribution in [3.63, 3.8) is 0 Å². The van der Waals surface area contributed by atoms with Gasteiger partial charge in [0.1, 0.15) is 0 Å². The zero-order chi connectivity index (χ0) is 11.4. The number of aromatic nitrogens is 1. The first-order chi connectivity index (χ1) is 7.75. The standard InChI is InChI=1S/C11H12N2OS2/c1-8(14)12-5-4-11-13-9(7-16-11)10-3-2-6-15-10/h2-3,6-7H,4-5H2,1H3,(H,12,14). The van der Waals surface area contributed by atoms with Gasteiger partial charge in [-0.3, -0.25) is 4.79 Å². The Bertz CT molecular complexity index is 462. The predicted octanol–water partition coefficient (Wildman–Crippen LogP) is 2.55. The molecular formula is C11H12N2OS2. The van der Waals surface area contributed by atoms with Gasteiger partial charge in [0, 0.05) is 25.3 Å². The van der Waals surface area contributed by atoms with Crippen LogP contribution in [0.25, 0.3) is 10.6 Å². The molecule has 0 radical (unpaired) electrons. The number of nitrogens with one attached hydrogen (secondary N) is 1. The third-order valence-electron chi connectivity index (χ3n) is 2.04. The molecule has 1 N–H and O–H groups in total. The second kappa shape index (κ2) is 5.23. The van der Waals surface area contributed by atoms with Crippen LogP contribution in [0.15, 0.2) is 22.9 Å². The molecule has 0 aromatic carbocycles. The van der Waals surface area contributed by atoms with Crippen LogP contribution in [0.4, 0.5) is 0 Å². The lowest BCUT2D eigenvalue weighted by Crippen LogP contribution is -2.22. The zero-order valence-corrected chi connectivity index (χ0v) is 10.5. The fourth-order valence-electron chi connectivity index (χ4n) is 1.31. The molecule has 0 aliphatic rings. The summed E-state index contributed by atoms with van der Waals surface area (Å²) >= 11 is 3.34. The lowest BCUT2D eigenvalue weighted by atomic mass is 10.4. The molecule has 0 spiro atoms. The van der Waals surface area contributed by atoms with Crippen LogP contribution in [0.1, 0.15) is 11.9 Å². The Morgan fingerprint density at radius 2 is 2.38 bits per heavy atom. The van der Waals surface area contributed by atoms with Crippen molar-refractivity contribution in [1.29, 1.82) is 0 Å². The molecule has 16 heavy (non-hydrogen) atoms. The van der Waals surface area contributed by atoms with Crippen LogP contribution in [-0.4, -0.2) is 17.4 Å². The van der Waals surface area contributed by atoms with Gasteiger partial charge in [-0.15, -0.1) is 22.7 Å². The predicted molar refractivity (Wildman–Crippen MR) is 67.8 cm³/mol. The molecule has 0 unspecified atom stereocenters. The number of carbonyl (C=O) groups excluding carboxylic acids is 1. The zero-order valence-electron chi connectivity index (χ0n) is 8.90. The van der Waals surface area contributed by atoms with Crippen LogP contribution < -0.4 is 5.32 Å². The van der Waals surface area contributed by atoms with Gasteiger partial charge in [0.25, 0.3) is 0 Å². The summed E-state index contributed by atoms with van der Waals surface area (Å²) < 4.78 is 0. The largest absolute Gasteiger partial charge is 0.356 e. The highest BCUT2D eigenvalue weighted by Crippen LogP contribution is 2.25. The van der Waals surface area contributed by atoms with Crippen LogP contribution in [-0.2, 0) is 11.2 Å². The number of thiazole rings is 1. The summed E-state index contributed by atoms with van der Waals surface area (Å²) in [7, 11) is 0. The van der Waals surface area contributed by atoms with Crippen molar-refractivity contribution in [1.82, 2.24) is 10.3 Å². The Morgan fingerprint density at radius 3 is 3.06 bits per heavy atom. The van der Waals surface area contributed by atoms with Gasteiger partial charge in [-0.05, 0) is 11.4 Å². The molecule has 84 valence electrons. The highest BCUT2D eigenvalue weighted by molar-refractivity contribution is 7.14. The molecule has 0 saturated carbocycles. The molecule has 0 aliphatic heterocycles. The second-order valence-corrected chi connectivity index (χ2v) is 5.23. The maximum atomic E-state index is 10.7. The monoisotopic (exact) mass is 252 g/mol. The number of nitrogens with zero attached hydrogens (tertiary/aromatic N) is 1. The molecule has 2 heterocycles. The number of thiophene rings is 1. The minimum atomic E-state index is 0.00929. The van der Waals surface area contributed by atoms with Crippen LogP contribution in [0.3, 0.4) is 0 Å². The lowest BCUT2D eigenvalue weighted by molar-refractivity contribution is -0.118. The van der Waals surface area contributed by atoms with E-state index in [-0.39, 0.29) is 5.91 Å². The van der Waals surface area contributed by atoms with Crippen LogP contribution in [0, 0.1) is 0 Å². The van der Waals surface area contributed by atoms with E-state index in [4.69, 9.17) is 0 Å². The summed E-state index contributed by atoms with van der Waals surface area (Å²) in [6, 6.07) is 4.09. The summed E-state index contributed by atoms with van der Waals surface area (Å²) in [6.45, 7) is 2.19. The number of amides is 1. The number of hydrogen-bond acceptors (Lipinski definition) is 4. The summed E-state index contributed by atoms with van der Waals surface area (Å²) in [5, 5.41) is 7.95. The van der Waals surface area contributed by atoms with Gasteiger partial charge in [-0.1, -0.05) is 6.07 Å². The second-order valence-electron chi connectivity index (χ2n) is 3.34. The van der Waals surface area contributed by atoms with E-state index in [0.717, 1.165) is 17.1 Å². The minimum absolute atomic E-state index is 0.00929. The quantitative estimate of drug-likeness (QED) is 0.908. The van der Waals surface area contributed by atoms with Gasteiger partial charge >= 0.3 is 0 Å². The normalized spacial score (nSPS) is 10.3. The average molecular weight is 252 g/mol. The summed E-state index contributed by atoms with van der Waals surface area (Å²) in [5.74, 6) is 0.00929. The first kappa shape index (κ1) is 11.3. The summed E-state index contributed by atoms with van der Waals surface area (Å²) in [6.07, 6.45) is 0.801. The van der Waals surface area contributed by atoms with Crippen molar-refractivity contribution < 1.29 is 4.79 Å².